The van der Waals surface area contributed by atoms with Crippen molar-refractivity contribution in [2.24, 2.45) is 0 Å². The lowest BCUT2D eigenvalue weighted by molar-refractivity contribution is -0.134. The van der Waals surface area contributed by atoms with Crippen molar-refractivity contribution >= 4 is 68.1 Å². The van der Waals surface area contributed by atoms with Crippen LogP contribution in [0, 0.1) is 0 Å². The number of thiophene rings is 2. The van der Waals surface area contributed by atoms with Gasteiger partial charge in [-0.25, -0.2) is 4.98 Å². The Hall–Kier alpha value is -3.81. The minimum Gasteiger partial charge on any atom is -0.483 e. The van der Waals surface area contributed by atoms with Crippen molar-refractivity contribution in [1.29, 1.82) is 0 Å². The minimum atomic E-state index is -0.418. The molecule has 1 amide bonds. The van der Waals surface area contributed by atoms with Crippen molar-refractivity contribution in [3.05, 3.63) is 82.8 Å². The molecule has 0 radical (unpaired) electrons. The highest BCUT2D eigenvalue weighted by molar-refractivity contribution is 7.29. The molecule has 5 heterocycles. The number of imidazole rings is 1. The smallest absolute Gasteiger partial charge is 0.483 e. The van der Waals surface area contributed by atoms with Gasteiger partial charge in [0.15, 0.2) is 0 Å². The molecule has 3 aromatic heterocycles. The Labute approximate surface area is 270 Å². The molecular formula is C33H35BN4O5S2. The van der Waals surface area contributed by atoms with Gasteiger partial charge in [0.1, 0.15) is 17.9 Å². The number of fused-ring (bicyclic) bond motifs is 2. The largest absolute Gasteiger partial charge is 0.497 e. The van der Waals surface area contributed by atoms with Crippen LogP contribution < -0.4 is 10.8 Å². The summed E-state index contributed by atoms with van der Waals surface area (Å²) >= 11 is 3.46. The third kappa shape index (κ3) is 5.61. The molecule has 2 aliphatic rings. The fourth-order valence-corrected chi connectivity index (χ4v) is 8.18. The van der Waals surface area contributed by atoms with E-state index in [1.807, 2.05) is 48.4 Å². The highest BCUT2D eigenvalue weighted by atomic mass is 32.1. The van der Waals surface area contributed by atoms with Gasteiger partial charge in [0, 0.05) is 27.7 Å². The number of carbonyl (C=O) groups is 2. The molecule has 45 heavy (non-hydrogen) atoms. The SMILES string of the molecule is CN[C@@H](C(=O)N1CC=CC1c1nc2ccc(-c3csc4c(B5OC(C)(C)C(C)(C)O5)csc34)cc2[nH]1)c1ccccc1.O=CO. The number of hydrogen-bond donors (Lipinski definition) is 3. The van der Waals surface area contributed by atoms with E-state index in [-0.39, 0.29) is 36.7 Å². The number of rotatable bonds is 6. The van der Waals surface area contributed by atoms with Crippen molar-refractivity contribution in [3.8, 4) is 11.1 Å². The van der Waals surface area contributed by atoms with E-state index in [1.54, 1.807) is 22.7 Å². The molecule has 0 bridgehead atoms. The number of aromatic nitrogens is 2. The lowest BCUT2D eigenvalue weighted by atomic mass is 9.81. The number of benzene rings is 2. The second-order valence-corrected chi connectivity index (χ2v) is 13.8. The van der Waals surface area contributed by atoms with Gasteiger partial charge in [-0.2, -0.15) is 0 Å². The van der Waals surface area contributed by atoms with Crippen molar-refractivity contribution in [1.82, 2.24) is 20.2 Å². The predicted octanol–water partition coefficient (Wildman–Crippen LogP) is 5.91. The van der Waals surface area contributed by atoms with E-state index < -0.39 is 6.04 Å². The van der Waals surface area contributed by atoms with Gasteiger partial charge in [0.2, 0.25) is 5.91 Å². The third-order valence-electron chi connectivity index (χ3n) is 8.82. The molecule has 232 valence electrons. The fraction of sp³-hybridized carbons (Fsp3) is 0.303. The molecule has 2 atom stereocenters. The van der Waals surface area contributed by atoms with E-state index >= 15 is 0 Å². The number of aromatic amines is 1. The van der Waals surface area contributed by atoms with Gasteiger partial charge in [-0.15, -0.1) is 22.7 Å². The number of carboxylic acid groups (broad SMARTS) is 1. The molecule has 1 fully saturated rings. The van der Waals surface area contributed by atoms with Crippen LogP contribution in [0.3, 0.4) is 0 Å². The van der Waals surface area contributed by atoms with E-state index in [4.69, 9.17) is 24.2 Å². The Balaban J connectivity index is 0.00000115. The number of nitrogens with one attached hydrogen (secondary N) is 2. The standard InChI is InChI=1S/C32H33BN4O3S2.CH2O2/c1-31(2)32(3,4)40-33(39-31)22-18-42-27-21(17-41-28(22)27)20-13-14-23-24(16-20)36-29(35-23)25-12-9-15-37(25)30(38)26(34-5)19-10-7-6-8-11-19;2-1-3/h6-14,16-18,25-26,34H,15H2,1-5H3,(H,35,36);1H,(H,2,3)/t25?,26-;/m1./s1. The summed E-state index contributed by atoms with van der Waals surface area (Å²) in [6.45, 7) is 8.64. The zero-order valence-corrected chi connectivity index (χ0v) is 27.4. The van der Waals surface area contributed by atoms with Crippen LogP contribution >= 0.6 is 22.7 Å². The number of amides is 1. The second-order valence-electron chi connectivity index (χ2n) is 12.0. The number of likely N-dealkylation sites (N-methyl/N-ethyl adjacent to an activating group) is 1. The molecule has 0 saturated carbocycles. The van der Waals surface area contributed by atoms with E-state index in [9.17, 15) is 4.79 Å². The molecule has 12 heteroatoms. The molecule has 5 aromatic rings. The molecule has 2 aliphatic heterocycles. The van der Waals surface area contributed by atoms with Crippen molar-refractivity contribution in [2.45, 2.75) is 51.0 Å². The van der Waals surface area contributed by atoms with Crippen LogP contribution in [-0.4, -0.2) is 64.3 Å². The van der Waals surface area contributed by atoms with Crippen LogP contribution in [0.25, 0.3) is 31.6 Å². The average molecular weight is 643 g/mol. The molecule has 1 saturated heterocycles. The number of nitrogens with zero attached hydrogens (tertiary/aromatic N) is 2. The van der Waals surface area contributed by atoms with Crippen LogP contribution in [0.2, 0.25) is 0 Å². The molecule has 0 aliphatic carbocycles. The van der Waals surface area contributed by atoms with Crippen LogP contribution in [0.4, 0.5) is 0 Å². The number of carbonyl (C=O) groups excluding carboxylic acids is 1. The maximum atomic E-state index is 13.6. The van der Waals surface area contributed by atoms with Crippen LogP contribution in [0.1, 0.15) is 51.2 Å². The number of H-pyrrole nitrogens is 1. The molecule has 7 rings (SSSR count). The summed E-state index contributed by atoms with van der Waals surface area (Å²) in [7, 11) is 1.45. The Kier molecular flexibility index (Phi) is 8.44. The van der Waals surface area contributed by atoms with Gasteiger partial charge in [-0.3, -0.25) is 9.59 Å². The zero-order chi connectivity index (χ0) is 31.9. The maximum Gasteiger partial charge on any atom is 0.497 e. The Morgan fingerprint density at radius 1 is 1.11 bits per heavy atom. The Bertz CT molecular complexity index is 1860. The Morgan fingerprint density at radius 2 is 1.80 bits per heavy atom. The first-order chi connectivity index (χ1) is 21.6. The summed E-state index contributed by atoms with van der Waals surface area (Å²) in [6.07, 6.45) is 4.09. The first-order valence-electron chi connectivity index (χ1n) is 14.7. The van der Waals surface area contributed by atoms with Crippen LogP contribution in [0.5, 0.6) is 0 Å². The zero-order valence-electron chi connectivity index (χ0n) is 25.7. The summed E-state index contributed by atoms with van der Waals surface area (Å²) in [4.78, 5) is 32.3. The summed E-state index contributed by atoms with van der Waals surface area (Å²) in [5.74, 6) is 0.790. The second kappa shape index (κ2) is 12.2. The molecule has 1 unspecified atom stereocenters. The van der Waals surface area contributed by atoms with Gasteiger partial charge < -0.3 is 29.6 Å². The van der Waals surface area contributed by atoms with E-state index in [0.29, 0.717) is 6.54 Å². The van der Waals surface area contributed by atoms with Crippen LogP contribution in [-0.2, 0) is 18.9 Å². The molecule has 3 N–H and O–H groups in total. The topological polar surface area (TPSA) is 117 Å². The molecule has 2 aromatic carbocycles. The Morgan fingerprint density at radius 3 is 2.49 bits per heavy atom. The lowest BCUT2D eigenvalue weighted by Gasteiger charge is -2.32. The highest BCUT2D eigenvalue weighted by Crippen LogP contribution is 2.41. The summed E-state index contributed by atoms with van der Waals surface area (Å²) in [6, 6.07) is 15.5. The lowest BCUT2D eigenvalue weighted by Crippen LogP contribution is -2.41. The first-order valence-corrected chi connectivity index (χ1v) is 16.5. The van der Waals surface area contributed by atoms with Gasteiger partial charge in [-0.05, 0) is 63.4 Å². The molecular weight excluding hydrogens is 607 g/mol. The van der Waals surface area contributed by atoms with Crippen LogP contribution in [0.15, 0.2) is 71.4 Å². The highest BCUT2D eigenvalue weighted by Gasteiger charge is 2.52. The minimum absolute atomic E-state index is 0.0241. The summed E-state index contributed by atoms with van der Waals surface area (Å²) < 4.78 is 15.2. The quantitative estimate of drug-likeness (QED) is 0.120. The average Bonchev–Trinajstić information content (AvgIpc) is 3.82. The predicted molar refractivity (Wildman–Crippen MR) is 181 cm³/mol. The summed E-state index contributed by atoms with van der Waals surface area (Å²) in [5, 5.41) is 14.5. The van der Waals surface area contributed by atoms with Crippen molar-refractivity contribution in [3.63, 3.8) is 0 Å². The van der Waals surface area contributed by atoms with Crippen molar-refractivity contribution < 1.29 is 24.0 Å². The van der Waals surface area contributed by atoms with Gasteiger partial charge in [0.25, 0.3) is 6.47 Å². The molecule has 0 spiro atoms. The van der Waals surface area contributed by atoms with E-state index in [2.05, 4.69) is 73.0 Å². The van der Waals surface area contributed by atoms with E-state index in [1.165, 1.54) is 15.0 Å². The maximum absolute atomic E-state index is 13.6. The van der Waals surface area contributed by atoms with E-state index in [0.717, 1.165) is 33.4 Å². The van der Waals surface area contributed by atoms with Gasteiger partial charge in [-0.1, -0.05) is 48.6 Å². The third-order valence-corrected chi connectivity index (χ3v) is 11.0. The fourth-order valence-electron chi connectivity index (χ4n) is 5.74. The first kappa shape index (κ1) is 31.2. The monoisotopic (exact) mass is 642 g/mol. The van der Waals surface area contributed by atoms with Gasteiger partial charge in [0.05, 0.1) is 26.9 Å². The summed E-state index contributed by atoms with van der Waals surface area (Å²) in [5.41, 5.74) is 5.44. The van der Waals surface area contributed by atoms with Gasteiger partial charge >= 0.3 is 7.12 Å². The van der Waals surface area contributed by atoms with Crippen molar-refractivity contribution in [2.75, 3.05) is 13.6 Å². The molecule has 9 nitrogen and oxygen atoms in total. The normalized spacial score (nSPS) is 19.2. The number of hydrogen-bond acceptors (Lipinski definition) is 8.